The number of carbonyl (C=O) groups is 2. The Morgan fingerprint density at radius 2 is 1.17 bits per heavy atom. The van der Waals surface area contributed by atoms with Gasteiger partial charge in [0.05, 0.1) is 11.1 Å². The van der Waals surface area contributed by atoms with Crippen LogP contribution >= 0.6 is 0 Å². The molecule has 0 N–H and O–H groups in total. The number of ketones is 2. The van der Waals surface area contributed by atoms with E-state index in [-0.39, 0.29) is 22.3 Å². The zero-order valence-corrected chi connectivity index (χ0v) is 12.5. The molecule has 0 unspecified atom stereocenters. The van der Waals surface area contributed by atoms with Gasteiger partial charge in [0.1, 0.15) is 11.6 Å². The van der Waals surface area contributed by atoms with E-state index < -0.39 is 23.2 Å². The maximum absolute atomic E-state index is 14.3. The van der Waals surface area contributed by atoms with Gasteiger partial charge < -0.3 is 0 Å². The molecule has 24 heavy (non-hydrogen) atoms. The highest BCUT2D eigenvalue weighted by Crippen LogP contribution is 2.22. The van der Waals surface area contributed by atoms with E-state index >= 15 is 0 Å². The molecular weight excluding hydrogens is 310 g/mol. The Kier molecular flexibility index (Phi) is 4.29. The summed E-state index contributed by atoms with van der Waals surface area (Å²) in [5.74, 6) is -2.88. The maximum Gasteiger partial charge on any atom is 0.196 e. The first-order valence-corrected chi connectivity index (χ1v) is 7.27. The number of rotatable bonds is 4. The van der Waals surface area contributed by atoms with Gasteiger partial charge in [-0.2, -0.15) is 0 Å². The van der Waals surface area contributed by atoms with Crippen molar-refractivity contribution in [1.82, 2.24) is 0 Å². The summed E-state index contributed by atoms with van der Waals surface area (Å²) in [4.78, 5) is 25.2. The summed E-state index contributed by atoms with van der Waals surface area (Å²) in [5.41, 5.74) is -0.457. The van der Waals surface area contributed by atoms with Crippen molar-refractivity contribution < 1.29 is 18.4 Å². The molecule has 3 aromatic rings. The second kappa shape index (κ2) is 6.54. The Balaban J connectivity index is 2.14. The molecule has 0 atom stereocenters. The second-order valence-corrected chi connectivity index (χ2v) is 5.17. The summed E-state index contributed by atoms with van der Waals surface area (Å²) < 4.78 is 28.2. The Bertz CT molecular complexity index is 918. The molecule has 0 aliphatic rings. The first-order valence-electron chi connectivity index (χ1n) is 7.27. The SMILES string of the molecule is O=C(c1ccccc1F)c1cccc(F)c1C(=O)c1ccccc1. The van der Waals surface area contributed by atoms with Gasteiger partial charge in [0, 0.05) is 11.1 Å². The molecule has 0 spiro atoms. The predicted octanol–water partition coefficient (Wildman–Crippen LogP) is 4.43. The molecule has 0 aromatic heterocycles. The van der Waals surface area contributed by atoms with Crippen molar-refractivity contribution in [2.45, 2.75) is 0 Å². The topological polar surface area (TPSA) is 34.1 Å². The molecule has 118 valence electrons. The molecule has 0 saturated heterocycles. The number of carbonyl (C=O) groups excluding carboxylic acids is 2. The molecule has 3 rings (SSSR count). The van der Waals surface area contributed by atoms with Crippen LogP contribution in [0.4, 0.5) is 8.78 Å². The lowest BCUT2D eigenvalue weighted by atomic mass is 9.92. The highest BCUT2D eigenvalue weighted by atomic mass is 19.1. The fourth-order valence-electron chi connectivity index (χ4n) is 2.47. The molecule has 0 aliphatic carbocycles. The molecule has 0 saturated carbocycles. The Morgan fingerprint density at radius 3 is 1.88 bits per heavy atom. The van der Waals surface area contributed by atoms with Crippen molar-refractivity contribution >= 4 is 11.6 Å². The van der Waals surface area contributed by atoms with E-state index in [0.717, 1.165) is 12.1 Å². The highest BCUT2D eigenvalue weighted by molar-refractivity contribution is 6.19. The average molecular weight is 322 g/mol. The van der Waals surface area contributed by atoms with Gasteiger partial charge >= 0.3 is 0 Å². The Hall–Kier alpha value is -3.14. The molecule has 3 aromatic carbocycles. The molecular formula is C20H12F2O2. The summed E-state index contributed by atoms with van der Waals surface area (Å²) in [6.45, 7) is 0. The van der Waals surface area contributed by atoms with E-state index in [1.54, 1.807) is 18.2 Å². The van der Waals surface area contributed by atoms with Gasteiger partial charge in [0.15, 0.2) is 11.6 Å². The monoisotopic (exact) mass is 322 g/mol. The molecule has 0 amide bonds. The van der Waals surface area contributed by atoms with Gasteiger partial charge in [-0.25, -0.2) is 8.78 Å². The fourth-order valence-corrected chi connectivity index (χ4v) is 2.47. The number of hydrogen-bond acceptors (Lipinski definition) is 2. The van der Waals surface area contributed by atoms with Gasteiger partial charge in [-0.15, -0.1) is 0 Å². The molecule has 0 fully saturated rings. The van der Waals surface area contributed by atoms with Crippen LogP contribution < -0.4 is 0 Å². The number of halogens is 2. The van der Waals surface area contributed by atoms with Crippen molar-refractivity contribution in [3.63, 3.8) is 0 Å². The smallest absolute Gasteiger partial charge is 0.196 e. The van der Waals surface area contributed by atoms with E-state index in [9.17, 15) is 18.4 Å². The third-order valence-electron chi connectivity index (χ3n) is 3.64. The van der Waals surface area contributed by atoms with Gasteiger partial charge in [-0.3, -0.25) is 9.59 Å². The van der Waals surface area contributed by atoms with Crippen molar-refractivity contribution in [1.29, 1.82) is 0 Å². The van der Waals surface area contributed by atoms with Crippen LogP contribution in [-0.4, -0.2) is 11.6 Å². The predicted molar refractivity (Wildman–Crippen MR) is 86.1 cm³/mol. The van der Waals surface area contributed by atoms with E-state index in [0.29, 0.717) is 0 Å². The van der Waals surface area contributed by atoms with Crippen molar-refractivity contribution in [2.24, 2.45) is 0 Å². The molecule has 0 bridgehead atoms. The van der Waals surface area contributed by atoms with Crippen LogP contribution in [0.3, 0.4) is 0 Å². The zero-order valence-electron chi connectivity index (χ0n) is 12.5. The van der Waals surface area contributed by atoms with E-state index in [1.807, 2.05) is 0 Å². The largest absolute Gasteiger partial charge is 0.288 e. The van der Waals surface area contributed by atoms with Crippen LogP contribution in [0.5, 0.6) is 0 Å². The van der Waals surface area contributed by atoms with Crippen LogP contribution in [0.25, 0.3) is 0 Å². The molecule has 0 radical (unpaired) electrons. The van der Waals surface area contributed by atoms with E-state index in [1.165, 1.54) is 42.5 Å². The Labute approximate surface area is 137 Å². The third-order valence-corrected chi connectivity index (χ3v) is 3.64. The maximum atomic E-state index is 14.3. The lowest BCUT2D eigenvalue weighted by Gasteiger charge is -2.10. The molecule has 4 heteroatoms. The van der Waals surface area contributed by atoms with Gasteiger partial charge in [0.2, 0.25) is 0 Å². The lowest BCUT2D eigenvalue weighted by Crippen LogP contribution is -2.14. The average Bonchev–Trinajstić information content (AvgIpc) is 2.61. The fraction of sp³-hybridized carbons (Fsp3) is 0. The van der Waals surface area contributed by atoms with Gasteiger partial charge in [-0.1, -0.05) is 54.6 Å². The van der Waals surface area contributed by atoms with Gasteiger partial charge in [-0.05, 0) is 18.2 Å². The minimum absolute atomic E-state index is 0.158. The minimum atomic E-state index is -0.814. The molecule has 0 aliphatic heterocycles. The quantitative estimate of drug-likeness (QED) is 0.666. The van der Waals surface area contributed by atoms with Crippen LogP contribution in [0, 0.1) is 11.6 Å². The van der Waals surface area contributed by atoms with Crippen LogP contribution in [0.2, 0.25) is 0 Å². The summed E-state index contributed by atoms with van der Waals surface area (Å²) in [7, 11) is 0. The minimum Gasteiger partial charge on any atom is -0.288 e. The Morgan fingerprint density at radius 1 is 0.583 bits per heavy atom. The number of benzene rings is 3. The summed E-state index contributed by atoms with van der Waals surface area (Å²) in [6.07, 6.45) is 0. The summed E-state index contributed by atoms with van der Waals surface area (Å²) in [5, 5.41) is 0. The second-order valence-electron chi connectivity index (χ2n) is 5.17. The third kappa shape index (κ3) is 2.86. The normalized spacial score (nSPS) is 10.4. The van der Waals surface area contributed by atoms with Crippen LogP contribution in [0.15, 0.2) is 72.8 Å². The highest BCUT2D eigenvalue weighted by Gasteiger charge is 2.24. The van der Waals surface area contributed by atoms with Crippen LogP contribution in [0.1, 0.15) is 31.8 Å². The lowest BCUT2D eigenvalue weighted by molar-refractivity contribution is 0.0998. The first-order chi connectivity index (χ1) is 11.6. The summed E-state index contributed by atoms with van der Waals surface area (Å²) in [6, 6.07) is 17.3. The van der Waals surface area contributed by atoms with E-state index in [2.05, 4.69) is 0 Å². The first kappa shape index (κ1) is 15.7. The van der Waals surface area contributed by atoms with E-state index in [4.69, 9.17) is 0 Å². The van der Waals surface area contributed by atoms with Crippen molar-refractivity contribution in [3.05, 3.63) is 107 Å². The summed E-state index contributed by atoms with van der Waals surface area (Å²) >= 11 is 0. The zero-order chi connectivity index (χ0) is 17.1. The van der Waals surface area contributed by atoms with Crippen LogP contribution in [-0.2, 0) is 0 Å². The van der Waals surface area contributed by atoms with Crippen molar-refractivity contribution in [2.75, 3.05) is 0 Å². The molecule has 2 nitrogen and oxygen atoms in total. The standard InChI is InChI=1S/C20H12F2O2/c21-16-11-5-4-9-14(16)20(24)15-10-6-12-17(22)18(15)19(23)13-7-2-1-3-8-13/h1-12H. The number of hydrogen-bond donors (Lipinski definition) is 0. The van der Waals surface area contributed by atoms with Gasteiger partial charge in [0.25, 0.3) is 0 Å². The van der Waals surface area contributed by atoms with Crippen molar-refractivity contribution in [3.8, 4) is 0 Å². The molecule has 0 heterocycles.